The molecular formula is C16H18Cl2N2O. The Hall–Kier alpha value is -1.29. The van der Waals surface area contributed by atoms with Crippen molar-refractivity contribution >= 4 is 23.2 Å². The van der Waals surface area contributed by atoms with E-state index in [9.17, 15) is 0 Å². The summed E-state index contributed by atoms with van der Waals surface area (Å²) in [4.78, 5) is 4.47. The number of benzene rings is 1. The van der Waals surface area contributed by atoms with E-state index in [1.54, 1.807) is 18.2 Å². The minimum Gasteiger partial charge on any atom is -0.437 e. The smallest absolute Gasteiger partial charge is 0.219 e. The number of aryl methyl sites for hydroxylation is 1. The minimum atomic E-state index is 0.510. The van der Waals surface area contributed by atoms with Crippen LogP contribution in [-0.4, -0.2) is 11.5 Å². The molecule has 2 rings (SSSR count). The summed E-state index contributed by atoms with van der Waals surface area (Å²) in [6, 6.07) is 9.12. The van der Waals surface area contributed by atoms with Crippen LogP contribution in [0.3, 0.4) is 0 Å². The molecule has 3 nitrogen and oxygen atoms in total. The number of ether oxygens (including phenoxy) is 1. The summed E-state index contributed by atoms with van der Waals surface area (Å²) in [5.41, 5.74) is 2.12. The van der Waals surface area contributed by atoms with Gasteiger partial charge in [0.15, 0.2) is 0 Å². The maximum absolute atomic E-state index is 6.12. The fourth-order valence-corrected chi connectivity index (χ4v) is 2.21. The molecule has 1 aromatic heterocycles. The van der Waals surface area contributed by atoms with Gasteiger partial charge in [-0.2, -0.15) is 0 Å². The van der Waals surface area contributed by atoms with Crippen LogP contribution >= 0.6 is 23.2 Å². The Labute approximate surface area is 135 Å². The molecule has 2 aromatic rings. The SMILES string of the molecule is CCNCc1cc(CC)nc(Oc2cc(Cl)ccc2Cl)c1. The molecule has 0 aliphatic rings. The number of rotatable bonds is 6. The van der Waals surface area contributed by atoms with E-state index in [1.165, 1.54) is 0 Å². The van der Waals surface area contributed by atoms with Gasteiger partial charge >= 0.3 is 0 Å². The van der Waals surface area contributed by atoms with Gasteiger partial charge in [-0.15, -0.1) is 0 Å². The summed E-state index contributed by atoms with van der Waals surface area (Å²) in [6.45, 7) is 5.84. The predicted molar refractivity (Wildman–Crippen MR) is 87.5 cm³/mol. The van der Waals surface area contributed by atoms with Crippen LogP contribution < -0.4 is 10.1 Å². The molecule has 5 heteroatoms. The molecule has 1 heterocycles. The Kier molecular flexibility index (Phi) is 5.85. The molecule has 1 aromatic carbocycles. The zero-order chi connectivity index (χ0) is 15.2. The molecule has 112 valence electrons. The van der Waals surface area contributed by atoms with Gasteiger partial charge in [0.1, 0.15) is 5.75 Å². The summed E-state index contributed by atoms with van der Waals surface area (Å²) in [6.07, 6.45) is 0.847. The van der Waals surface area contributed by atoms with E-state index in [4.69, 9.17) is 27.9 Å². The standard InChI is InChI=1S/C16H18Cl2N2O/c1-3-13-7-11(10-19-4-2)8-16(20-13)21-15-9-12(17)5-6-14(15)18/h5-9,19H,3-4,10H2,1-2H3. The summed E-state index contributed by atoms with van der Waals surface area (Å²) in [7, 11) is 0. The molecule has 0 saturated carbocycles. The highest BCUT2D eigenvalue weighted by Gasteiger charge is 2.08. The molecule has 0 aliphatic carbocycles. The molecule has 0 amide bonds. The quantitative estimate of drug-likeness (QED) is 0.824. The van der Waals surface area contributed by atoms with E-state index >= 15 is 0 Å². The fraction of sp³-hybridized carbons (Fsp3) is 0.312. The fourth-order valence-electron chi connectivity index (χ4n) is 1.89. The Balaban J connectivity index is 2.27. The molecule has 0 unspecified atom stereocenters. The molecule has 0 atom stereocenters. The highest BCUT2D eigenvalue weighted by molar-refractivity contribution is 6.34. The van der Waals surface area contributed by atoms with Crippen molar-refractivity contribution in [2.24, 2.45) is 0 Å². The first-order valence-corrected chi connectivity index (χ1v) is 7.71. The van der Waals surface area contributed by atoms with Crippen molar-refractivity contribution in [2.45, 2.75) is 26.8 Å². The summed E-state index contributed by atoms with van der Waals surface area (Å²) >= 11 is 12.1. The molecule has 0 bridgehead atoms. The van der Waals surface area contributed by atoms with Gasteiger partial charge in [0.05, 0.1) is 5.02 Å². The zero-order valence-electron chi connectivity index (χ0n) is 12.1. The van der Waals surface area contributed by atoms with E-state index in [1.807, 2.05) is 6.07 Å². The lowest BCUT2D eigenvalue weighted by Gasteiger charge is -2.11. The highest BCUT2D eigenvalue weighted by atomic mass is 35.5. The first-order chi connectivity index (χ1) is 10.1. The van der Waals surface area contributed by atoms with Gasteiger partial charge in [0, 0.05) is 29.4 Å². The first kappa shape index (κ1) is 16.1. The predicted octanol–water partition coefficient (Wildman–Crippen LogP) is 4.85. The van der Waals surface area contributed by atoms with Crippen molar-refractivity contribution in [3.05, 3.63) is 51.6 Å². The second-order valence-electron chi connectivity index (χ2n) is 4.62. The highest BCUT2D eigenvalue weighted by Crippen LogP contribution is 2.31. The summed E-state index contributed by atoms with van der Waals surface area (Å²) < 4.78 is 5.80. The number of nitrogens with zero attached hydrogens (tertiary/aromatic N) is 1. The molecule has 0 radical (unpaired) electrons. The second kappa shape index (κ2) is 7.64. The molecule has 0 saturated heterocycles. The number of hydrogen-bond donors (Lipinski definition) is 1. The van der Waals surface area contributed by atoms with E-state index in [-0.39, 0.29) is 0 Å². The number of nitrogens with one attached hydrogen (secondary N) is 1. The van der Waals surface area contributed by atoms with Crippen LogP contribution in [0.1, 0.15) is 25.1 Å². The minimum absolute atomic E-state index is 0.510. The van der Waals surface area contributed by atoms with Gasteiger partial charge < -0.3 is 10.1 Å². The van der Waals surface area contributed by atoms with E-state index < -0.39 is 0 Å². The van der Waals surface area contributed by atoms with Crippen LogP contribution in [-0.2, 0) is 13.0 Å². The second-order valence-corrected chi connectivity index (χ2v) is 5.46. The Morgan fingerprint density at radius 2 is 1.95 bits per heavy atom. The normalized spacial score (nSPS) is 10.7. The van der Waals surface area contributed by atoms with Crippen LogP contribution in [0, 0.1) is 0 Å². The van der Waals surface area contributed by atoms with Crippen LogP contribution in [0.2, 0.25) is 10.0 Å². The van der Waals surface area contributed by atoms with Crippen molar-refractivity contribution in [3.8, 4) is 11.6 Å². The topological polar surface area (TPSA) is 34.2 Å². The largest absolute Gasteiger partial charge is 0.437 e. The molecule has 0 fully saturated rings. The number of hydrogen-bond acceptors (Lipinski definition) is 3. The van der Waals surface area contributed by atoms with E-state index in [2.05, 4.69) is 30.2 Å². The molecule has 21 heavy (non-hydrogen) atoms. The van der Waals surface area contributed by atoms with Crippen LogP contribution in [0.25, 0.3) is 0 Å². The van der Waals surface area contributed by atoms with Gasteiger partial charge in [0.2, 0.25) is 5.88 Å². The number of halogens is 2. The summed E-state index contributed by atoms with van der Waals surface area (Å²) in [5, 5.41) is 4.39. The van der Waals surface area contributed by atoms with Crippen molar-refractivity contribution < 1.29 is 4.74 Å². The molecule has 0 spiro atoms. The number of aromatic nitrogens is 1. The van der Waals surface area contributed by atoms with Crippen LogP contribution in [0.4, 0.5) is 0 Å². The van der Waals surface area contributed by atoms with Crippen molar-refractivity contribution in [1.82, 2.24) is 10.3 Å². The van der Waals surface area contributed by atoms with E-state index in [0.29, 0.717) is 21.7 Å². The van der Waals surface area contributed by atoms with Gasteiger partial charge in [-0.1, -0.05) is 37.0 Å². The Bertz CT molecular complexity index is 617. The molecular weight excluding hydrogens is 307 g/mol. The average Bonchev–Trinajstić information content (AvgIpc) is 2.48. The van der Waals surface area contributed by atoms with Crippen molar-refractivity contribution in [2.75, 3.05) is 6.54 Å². The van der Waals surface area contributed by atoms with Crippen LogP contribution in [0.15, 0.2) is 30.3 Å². The third-order valence-electron chi connectivity index (χ3n) is 2.96. The first-order valence-electron chi connectivity index (χ1n) is 6.95. The third-order valence-corrected chi connectivity index (χ3v) is 3.51. The van der Waals surface area contributed by atoms with Gasteiger partial charge in [-0.05, 0) is 36.7 Å². The van der Waals surface area contributed by atoms with E-state index in [0.717, 1.165) is 30.8 Å². The van der Waals surface area contributed by atoms with Crippen LogP contribution in [0.5, 0.6) is 11.6 Å². The lowest BCUT2D eigenvalue weighted by atomic mass is 10.2. The summed E-state index contributed by atoms with van der Waals surface area (Å²) in [5.74, 6) is 1.05. The average molecular weight is 325 g/mol. The lowest BCUT2D eigenvalue weighted by molar-refractivity contribution is 0.460. The lowest BCUT2D eigenvalue weighted by Crippen LogP contribution is -2.12. The molecule has 0 aliphatic heterocycles. The maximum atomic E-state index is 6.12. The zero-order valence-corrected chi connectivity index (χ0v) is 13.6. The Morgan fingerprint density at radius 1 is 1.14 bits per heavy atom. The van der Waals surface area contributed by atoms with Crippen molar-refractivity contribution in [3.63, 3.8) is 0 Å². The Morgan fingerprint density at radius 3 is 2.67 bits per heavy atom. The maximum Gasteiger partial charge on any atom is 0.219 e. The van der Waals surface area contributed by atoms with Gasteiger partial charge in [-0.3, -0.25) is 0 Å². The molecule has 1 N–H and O–H groups in total. The van der Waals surface area contributed by atoms with Crippen molar-refractivity contribution in [1.29, 1.82) is 0 Å². The van der Waals surface area contributed by atoms with Gasteiger partial charge in [-0.25, -0.2) is 4.98 Å². The number of pyridine rings is 1. The van der Waals surface area contributed by atoms with Gasteiger partial charge in [0.25, 0.3) is 0 Å². The third kappa shape index (κ3) is 4.60. The monoisotopic (exact) mass is 324 g/mol.